The standard InChI is InChI=1S/C44H61N3O4/c1-27(2)30-18-23-44(39(49)47-26-12-15-32(47)38-45-37(46-51-38)29-13-10-9-11-14-29)25-24-42(7)31(36(30)44)16-17-34-41(6)21-20-35(50-28(3)48)40(4,5)33(41)19-22-43(34,42)8/h9-11,13-14,30-36H,1,12,15-26H2,2-8H3. The normalized spacial score (nSPS) is 42.6. The molecule has 51 heavy (non-hydrogen) atoms. The molecule has 11 atom stereocenters. The van der Waals surface area contributed by atoms with Crippen LogP contribution >= 0.6 is 0 Å². The predicted octanol–water partition coefficient (Wildman–Crippen LogP) is 9.99. The Morgan fingerprint density at radius 3 is 2.35 bits per heavy atom. The van der Waals surface area contributed by atoms with Crippen molar-refractivity contribution in [1.82, 2.24) is 15.0 Å². The summed E-state index contributed by atoms with van der Waals surface area (Å²) in [5.74, 6) is 3.68. The van der Waals surface area contributed by atoms with Gasteiger partial charge in [-0.15, -0.1) is 0 Å². The number of allylic oxidation sites excluding steroid dienone is 1. The molecular weight excluding hydrogens is 635 g/mol. The maximum Gasteiger partial charge on any atom is 0.302 e. The summed E-state index contributed by atoms with van der Waals surface area (Å²) in [6.07, 6.45) is 12.8. The molecule has 0 radical (unpaired) electrons. The number of likely N-dealkylation sites (tertiary alicyclic amines) is 1. The van der Waals surface area contributed by atoms with Crippen LogP contribution in [0.1, 0.15) is 137 Å². The van der Waals surface area contributed by atoms with Crippen LogP contribution in [0.4, 0.5) is 0 Å². The van der Waals surface area contributed by atoms with Crippen LogP contribution in [-0.2, 0) is 14.3 Å². The molecule has 0 bridgehead atoms. The molecule has 7 nitrogen and oxygen atoms in total. The average molecular weight is 696 g/mol. The van der Waals surface area contributed by atoms with E-state index in [1.54, 1.807) is 6.92 Å². The Kier molecular flexibility index (Phi) is 8.28. The first kappa shape index (κ1) is 35.1. The second-order valence-electron chi connectivity index (χ2n) is 19.3. The number of fused-ring (bicyclic) bond motifs is 7. The van der Waals surface area contributed by atoms with Crippen molar-refractivity contribution >= 4 is 11.9 Å². The van der Waals surface area contributed by atoms with Crippen LogP contribution < -0.4 is 0 Å². The fourth-order valence-corrected chi connectivity index (χ4v) is 14.5. The summed E-state index contributed by atoms with van der Waals surface area (Å²) < 4.78 is 11.9. The van der Waals surface area contributed by atoms with E-state index < -0.39 is 0 Å². The highest BCUT2D eigenvalue weighted by atomic mass is 16.5. The fourth-order valence-electron chi connectivity index (χ4n) is 14.5. The van der Waals surface area contributed by atoms with Crippen molar-refractivity contribution in [3.05, 3.63) is 48.4 Å². The molecule has 1 aromatic carbocycles. The highest BCUT2D eigenvalue weighted by molar-refractivity contribution is 5.84. The van der Waals surface area contributed by atoms with Crippen molar-refractivity contribution in [2.45, 2.75) is 138 Å². The van der Waals surface area contributed by atoms with Crippen molar-refractivity contribution in [2.24, 2.45) is 56.7 Å². The van der Waals surface area contributed by atoms with Crippen LogP contribution in [0.15, 0.2) is 47.0 Å². The van der Waals surface area contributed by atoms with Crippen molar-refractivity contribution in [3.8, 4) is 11.4 Å². The Morgan fingerprint density at radius 2 is 1.63 bits per heavy atom. The number of carbonyl (C=O) groups excluding carboxylic acids is 2. The van der Waals surface area contributed by atoms with E-state index in [1.165, 1.54) is 31.3 Å². The van der Waals surface area contributed by atoms with Gasteiger partial charge in [0.2, 0.25) is 17.6 Å². The molecule has 6 aliphatic rings. The Balaban J connectivity index is 1.11. The van der Waals surface area contributed by atoms with E-state index in [2.05, 4.69) is 58.2 Å². The van der Waals surface area contributed by atoms with E-state index in [-0.39, 0.29) is 45.2 Å². The molecule has 276 valence electrons. The Labute approximate surface area is 305 Å². The number of aromatic nitrogens is 2. The van der Waals surface area contributed by atoms with Crippen LogP contribution in [-0.4, -0.2) is 39.6 Å². The van der Waals surface area contributed by atoms with Crippen LogP contribution in [0.2, 0.25) is 0 Å². The zero-order valence-corrected chi connectivity index (χ0v) is 32.3. The number of rotatable bonds is 5. The summed E-state index contributed by atoms with van der Waals surface area (Å²) in [6, 6.07) is 9.81. The molecule has 0 spiro atoms. The Bertz CT molecular complexity index is 1700. The average Bonchev–Trinajstić information content (AvgIpc) is 3.85. The molecule has 1 amide bonds. The Morgan fingerprint density at radius 1 is 0.863 bits per heavy atom. The number of amides is 1. The number of carbonyl (C=O) groups is 2. The van der Waals surface area contributed by atoms with Gasteiger partial charge in [-0.1, -0.05) is 82.3 Å². The molecule has 1 aliphatic heterocycles. The van der Waals surface area contributed by atoms with E-state index in [9.17, 15) is 4.79 Å². The summed E-state index contributed by atoms with van der Waals surface area (Å²) in [5, 5.41) is 4.35. The molecule has 5 saturated carbocycles. The smallest absolute Gasteiger partial charge is 0.302 e. The van der Waals surface area contributed by atoms with Crippen molar-refractivity contribution in [1.29, 1.82) is 0 Å². The second-order valence-corrected chi connectivity index (χ2v) is 19.3. The first-order valence-electron chi connectivity index (χ1n) is 20.2. The second kappa shape index (κ2) is 12.0. The van der Waals surface area contributed by atoms with Gasteiger partial charge in [0, 0.05) is 24.4 Å². The van der Waals surface area contributed by atoms with Crippen molar-refractivity contribution < 1.29 is 18.8 Å². The van der Waals surface area contributed by atoms with Gasteiger partial charge >= 0.3 is 5.97 Å². The number of hydrogen-bond donors (Lipinski definition) is 0. The van der Waals surface area contributed by atoms with Gasteiger partial charge in [0.1, 0.15) is 12.1 Å². The zero-order valence-electron chi connectivity index (χ0n) is 32.3. The summed E-state index contributed by atoms with van der Waals surface area (Å²) in [4.78, 5) is 34.5. The van der Waals surface area contributed by atoms with Gasteiger partial charge in [-0.05, 0) is 130 Å². The van der Waals surface area contributed by atoms with E-state index in [4.69, 9.17) is 14.2 Å². The van der Waals surface area contributed by atoms with Crippen LogP contribution in [0.5, 0.6) is 0 Å². The number of esters is 1. The van der Waals surface area contributed by atoms with E-state index in [0.717, 1.165) is 63.5 Å². The zero-order chi connectivity index (χ0) is 36.1. The molecule has 11 unspecified atom stereocenters. The Hall–Kier alpha value is -2.96. The van der Waals surface area contributed by atoms with Crippen LogP contribution in [0.3, 0.4) is 0 Å². The van der Waals surface area contributed by atoms with Crippen LogP contribution in [0.25, 0.3) is 11.4 Å². The van der Waals surface area contributed by atoms with Gasteiger partial charge in [0.05, 0.1) is 5.41 Å². The summed E-state index contributed by atoms with van der Waals surface area (Å²) in [7, 11) is 0. The molecule has 8 rings (SSSR count). The number of hydrogen-bond acceptors (Lipinski definition) is 6. The van der Waals surface area contributed by atoms with Gasteiger partial charge in [-0.2, -0.15) is 4.98 Å². The first-order chi connectivity index (χ1) is 24.2. The first-order valence-corrected chi connectivity index (χ1v) is 20.2. The van der Waals surface area contributed by atoms with Gasteiger partial charge in [0.25, 0.3) is 0 Å². The summed E-state index contributed by atoms with van der Waals surface area (Å²) in [6.45, 7) is 21.8. The summed E-state index contributed by atoms with van der Waals surface area (Å²) >= 11 is 0. The maximum atomic E-state index is 15.4. The largest absolute Gasteiger partial charge is 0.462 e. The molecule has 2 heterocycles. The topological polar surface area (TPSA) is 85.5 Å². The predicted molar refractivity (Wildman–Crippen MR) is 198 cm³/mol. The quantitative estimate of drug-likeness (QED) is 0.229. The molecule has 5 aliphatic carbocycles. The number of ether oxygens (including phenoxy) is 1. The lowest BCUT2D eigenvalue weighted by Crippen LogP contribution is -2.67. The number of nitrogens with zero attached hydrogens (tertiary/aromatic N) is 3. The monoisotopic (exact) mass is 695 g/mol. The third-order valence-electron chi connectivity index (χ3n) is 17.0. The lowest BCUT2D eigenvalue weighted by molar-refractivity contribution is -0.249. The molecule has 7 heteroatoms. The third-order valence-corrected chi connectivity index (χ3v) is 17.0. The molecule has 2 aromatic rings. The van der Waals surface area contributed by atoms with Crippen molar-refractivity contribution in [3.63, 3.8) is 0 Å². The molecular formula is C44H61N3O4. The summed E-state index contributed by atoms with van der Waals surface area (Å²) in [5.41, 5.74) is 2.32. The lowest BCUT2D eigenvalue weighted by Gasteiger charge is -2.73. The lowest BCUT2D eigenvalue weighted by atomic mass is 9.32. The van der Waals surface area contributed by atoms with Crippen molar-refractivity contribution in [2.75, 3.05) is 6.54 Å². The highest BCUT2D eigenvalue weighted by Gasteiger charge is 2.72. The minimum absolute atomic E-state index is 0.00743. The fraction of sp³-hybridized carbons (Fsp3) is 0.727. The molecule has 0 N–H and O–H groups in total. The number of benzene rings is 1. The van der Waals surface area contributed by atoms with Gasteiger partial charge in [-0.3, -0.25) is 9.59 Å². The molecule has 1 saturated heterocycles. The minimum Gasteiger partial charge on any atom is -0.462 e. The highest BCUT2D eigenvalue weighted by Crippen LogP contribution is 2.78. The van der Waals surface area contributed by atoms with Gasteiger partial charge < -0.3 is 14.2 Å². The van der Waals surface area contributed by atoms with Gasteiger partial charge in [0.15, 0.2) is 0 Å². The van der Waals surface area contributed by atoms with Crippen LogP contribution in [0, 0.1) is 56.7 Å². The third kappa shape index (κ3) is 4.94. The van der Waals surface area contributed by atoms with E-state index >= 15 is 4.79 Å². The van der Waals surface area contributed by atoms with E-state index in [0.29, 0.717) is 47.2 Å². The van der Waals surface area contributed by atoms with Gasteiger partial charge in [-0.25, -0.2) is 0 Å². The SMILES string of the molecule is C=C(C)C1CCC2(C(=O)N3CCCC3c3nc(-c4ccccc4)no3)CCC3(C)C(CCC4C5(C)CCC(OC(C)=O)C(C)(C)C5CCC43C)C12. The minimum atomic E-state index is -0.368. The maximum absolute atomic E-state index is 15.4. The van der Waals surface area contributed by atoms with E-state index in [1.807, 2.05) is 30.3 Å². The molecule has 6 fully saturated rings. The molecule has 1 aromatic heterocycles.